The lowest BCUT2D eigenvalue weighted by molar-refractivity contribution is -0.143. The van der Waals surface area contributed by atoms with Gasteiger partial charge >= 0.3 is 5.97 Å². The van der Waals surface area contributed by atoms with Gasteiger partial charge in [-0.25, -0.2) is 0 Å². The molecule has 0 aliphatic rings. The first-order valence-electron chi connectivity index (χ1n) is 27.6. The molecule has 366 valence electrons. The third-order valence-corrected chi connectivity index (χ3v) is 12.7. The summed E-state index contributed by atoms with van der Waals surface area (Å²) in [4.78, 5) is 24.5. The van der Waals surface area contributed by atoms with Gasteiger partial charge in [-0.1, -0.05) is 250 Å². The molecule has 6 heteroatoms. The second-order valence-corrected chi connectivity index (χ2v) is 18.9. The van der Waals surface area contributed by atoms with Gasteiger partial charge in [-0.2, -0.15) is 0 Å². The Labute approximate surface area is 386 Å². The molecular formula is C56H107NO5. The first kappa shape index (κ1) is 60.3. The van der Waals surface area contributed by atoms with E-state index in [4.69, 9.17) is 4.74 Å². The fraction of sp³-hybridized carbons (Fsp3) is 0.893. The van der Waals surface area contributed by atoms with Crippen LogP contribution in [0.4, 0.5) is 0 Å². The van der Waals surface area contributed by atoms with Crippen LogP contribution in [0.5, 0.6) is 0 Å². The first-order chi connectivity index (χ1) is 30.5. The van der Waals surface area contributed by atoms with Gasteiger partial charge in [0, 0.05) is 12.8 Å². The van der Waals surface area contributed by atoms with Crippen LogP contribution < -0.4 is 5.32 Å². The van der Waals surface area contributed by atoms with Crippen molar-refractivity contribution in [3.05, 3.63) is 24.3 Å². The van der Waals surface area contributed by atoms with Gasteiger partial charge in [0.1, 0.15) is 0 Å². The van der Waals surface area contributed by atoms with Gasteiger partial charge in [-0.05, 0) is 57.8 Å². The standard InChI is InChI=1S/C56H107NO5/c1-3-5-7-9-11-13-15-17-18-19-20-23-26-30-34-38-42-46-50-56(61)62-51-47-43-39-35-31-27-24-21-22-25-29-33-37-41-45-49-55(60)57-53(52-58)54(59)48-44-40-36-32-28-16-14-12-10-8-6-4-2/h18-19,44,48,53-54,58-59H,3-17,20-43,45-47,49-52H2,1-2H3,(H,57,60)/b19-18-,48-44+. The predicted molar refractivity (Wildman–Crippen MR) is 269 cm³/mol. The topological polar surface area (TPSA) is 95.9 Å². The van der Waals surface area contributed by atoms with Gasteiger partial charge in [0.25, 0.3) is 0 Å². The van der Waals surface area contributed by atoms with E-state index in [2.05, 4.69) is 31.3 Å². The minimum atomic E-state index is -0.849. The van der Waals surface area contributed by atoms with Crippen molar-refractivity contribution in [2.24, 2.45) is 0 Å². The van der Waals surface area contributed by atoms with E-state index in [9.17, 15) is 19.8 Å². The lowest BCUT2D eigenvalue weighted by Crippen LogP contribution is -2.45. The lowest BCUT2D eigenvalue weighted by atomic mass is 10.0. The number of aliphatic hydroxyl groups is 2. The SMILES string of the molecule is CCCCCCCCC/C=C\CCCCCCCCCC(=O)OCCCCCCCCCCCCCCCCCC(=O)NC(CO)C(O)/C=C/CCCCCCCCCCCC. The molecule has 0 rings (SSSR count). The number of hydrogen-bond acceptors (Lipinski definition) is 5. The van der Waals surface area contributed by atoms with Crippen LogP contribution in [-0.4, -0.2) is 47.4 Å². The van der Waals surface area contributed by atoms with Gasteiger partial charge in [-0.3, -0.25) is 9.59 Å². The molecule has 0 aromatic heterocycles. The molecule has 0 heterocycles. The number of unbranched alkanes of at least 4 members (excludes halogenated alkanes) is 38. The Morgan fingerprint density at radius 3 is 1.15 bits per heavy atom. The largest absolute Gasteiger partial charge is 0.466 e. The second-order valence-electron chi connectivity index (χ2n) is 18.9. The zero-order chi connectivity index (χ0) is 45.1. The first-order valence-corrected chi connectivity index (χ1v) is 27.6. The number of ether oxygens (including phenoxy) is 1. The summed E-state index contributed by atoms with van der Waals surface area (Å²) in [5.74, 6) is -0.0805. The number of esters is 1. The predicted octanol–water partition coefficient (Wildman–Crippen LogP) is 16.7. The maximum absolute atomic E-state index is 12.4. The molecule has 0 aromatic carbocycles. The van der Waals surface area contributed by atoms with Crippen LogP contribution in [0.25, 0.3) is 0 Å². The Balaban J connectivity index is 3.43. The van der Waals surface area contributed by atoms with Crippen molar-refractivity contribution < 1.29 is 24.5 Å². The molecule has 2 unspecified atom stereocenters. The molecule has 1 amide bonds. The van der Waals surface area contributed by atoms with Crippen molar-refractivity contribution >= 4 is 11.9 Å². The van der Waals surface area contributed by atoms with Crippen LogP contribution in [0.3, 0.4) is 0 Å². The van der Waals surface area contributed by atoms with Gasteiger partial charge in [0.15, 0.2) is 0 Å². The highest BCUT2D eigenvalue weighted by Crippen LogP contribution is 2.16. The second kappa shape index (κ2) is 52.0. The highest BCUT2D eigenvalue weighted by Gasteiger charge is 2.18. The van der Waals surface area contributed by atoms with Crippen molar-refractivity contribution in [2.45, 2.75) is 309 Å². The average molecular weight is 874 g/mol. The van der Waals surface area contributed by atoms with Crippen molar-refractivity contribution in [1.82, 2.24) is 5.32 Å². The molecule has 0 saturated carbocycles. The normalized spacial score (nSPS) is 12.8. The molecular weight excluding hydrogens is 767 g/mol. The molecule has 0 aliphatic heterocycles. The fourth-order valence-electron chi connectivity index (χ4n) is 8.45. The number of allylic oxidation sites excluding steroid dienone is 3. The quantitative estimate of drug-likeness (QED) is 0.0321. The van der Waals surface area contributed by atoms with Crippen LogP contribution in [0.15, 0.2) is 24.3 Å². The van der Waals surface area contributed by atoms with E-state index < -0.39 is 12.1 Å². The van der Waals surface area contributed by atoms with E-state index in [1.54, 1.807) is 6.08 Å². The molecule has 0 saturated heterocycles. The third kappa shape index (κ3) is 47.8. The summed E-state index contributed by atoms with van der Waals surface area (Å²) >= 11 is 0. The monoisotopic (exact) mass is 874 g/mol. The van der Waals surface area contributed by atoms with Crippen LogP contribution in [0.2, 0.25) is 0 Å². The lowest BCUT2D eigenvalue weighted by Gasteiger charge is -2.20. The molecule has 0 radical (unpaired) electrons. The van der Waals surface area contributed by atoms with E-state index in [1.165, 1.54) is 218 Å². The molecule has 0 spiro atoms. The van der Waals surface area contributed by atoms with E-state index >= 15 is 0 Å². The average Bonchev–Trinajstić information content (AvgIpc) is 3.27. The highest BCUT2D eigenvalue weighted by atomic mass is 16.5. The number of nitrogens with one attached hydrogen (secondary N) is 1. The maximum atomic E-state index is 12.4. The maximum Gasteiger partial charge on any atom is 0.305 e. The number of amides is 1. The number of aliphatic hydroxyl groups excluding tert-OH is 2. The van der Waals surface area contributed by atoms with E-state index in [0.717, 1.165) is 51.4 Å². The summed E-state index contributed by atoms with van der Waals surface area (Å²) in [6, 6.07) is -0.633. The Kier molecular flexibility index (Phi) is 50.6. The van der Waals surface area contributed by atoms with Gasteiger partial charge in [-0.15, -0.1) is 0 Å². The molecule has 0 aromatic rings. The number of carbonyl (C=O) groups is 2. The third-order valence-electron chi connectivity index (χ3n) is 12.7. The van der Waals surface area contributed by atoms with Crippen LogP contribution in [0, 0.1) is 0 Å². The number of hydrogen-bond donors (Lipinski definition) is 3. The van der Waals surface area contributed by atoms with Crippen LogP contribution in [-0.2, 0) is 14.3 Å². The van der Waals surface area contributed by atoms with E-state index in [0.29, 0.717) is 19.4 Å². The summed E-state index contributed by atoms with van der Waals surface area (Å²) in [6.45, 7) is 4.88. The zero-order valence-electron chi connectivity index (χ0n) is 41.6. The van der Waals surface area contributed by atoms with E-state index in [-0.39, 0.29) is 18.5 Å². The van der Waals surface area contributed by atoms with Crippen molar-refractivity contribution in [2.75, 3.05) is 13.2 Å². The highest BCUT2D eigenvalue weighted by molar-refractivity contribution is 5.76. The summed E-state index contributed by atoms with van der Waals surface area (Å²) in [7, 11) is 0. The molecule has 62 heavy (non-hydrogen) atoms. The Bertz CT molecular complexity index is 966. The van der Waals surface area contributed by atoms with Gasteiger partial charge in [0.05, 0.1) is 25.4 Å². The fourth-order valence-corrected chi connectivity index (χ4v) is 8.45. The van der Waals surface area contributed by atoms with Crippen molar-refractivity contribution in [3.8, 4) is 0 Å². The molecule has 6 nitrogen and oxygen atoms in total. The van der Waals surface area contributed by atoms with Gasteiger partial charge < -0.3 is 20.3 Å². The molecule has 0 bridgehead atoms. The molecule has 0 fully saturated rings. The minimum Gasteiger partial charge on any atom is -0.466 e. The van der Waals surface area contributed by atoms with Crippen molar-refractivity contribution in [1.29, 1.82) is 0 Å². The summed E-state index contributed by atoms with van der Waals surface area (Å²) in [5.41, 5.74) is 0. The van der Waals surface area contributed by atoms with Gasteiger partial charge in [0.2, 0.25) is 5.91 Å². The van der Waals surface area contributed by atoms with Crippen LogP contribution in [0.1, 0.15) is 296 Å². The Morgan fingerprint density at radius 1 is 0.435 bits per heavy atom. The molecule has 2 atom stereocenters. The number of carbonyl (C=O) groups excluding carboxylic acids is 2. The molecule has 3 N–H and O–H groups in total. The summed E-state index contributed by atoms with van der Waals surface area (Å²) < 4.78 is 5.48. The van der Waals surface area contributed by atoms with Crippen molar-refractivity contribution in [3.63, 3.8) is 0 Å². The van der Waals surface area contributed by atoms with E-state index in [1.807, 2.05) is 6.08 Å². The Hall–Kier alpha value is -1.66. The minimum absolute atomic E-state index is 0.00350. The van der Waals surface area contributed by atoms with Crippen LogP contribution >= 0.6 is 0 Å². The smallest absolute Gasteiger partial charge is 0.305 e. The summed E-state index contributed by atoms with van der Waals surface area (Å²) in [5, 5.41) is 23.0. The Morgan fingerprint density at radius 2 is 0.758 bits per heavy atom. The number of rotatable bonds is 51. The zero-order valence-corrected chi connectivity index (χ0v) is 41.6. The summed E-state index contributed by atoms with van der Waals surface area (Å²) in [6.07, 6.45) is 61.9. The molecule has 0 aliphatic carbocycles.